The summed E-state index contributed by atoms with van der Waals surface area (Å²) in [7, 11) is 1.63. The molecule has 0 radical (unpaired) electrons. The number of nitrogens with zero attached hydrogens (tertiary/aromatic N) is 2. The topological polar surface area (TPSA) is 120 Å². The van der Waals surface area contributed by atoms with Crippen molar-refractivity contribution in [2.75, 3.05) is 18.1 Å². The molecule has 4 aromatic rings. The number of nitrogen functional groups attached to an aromatic ring is 1. The number of anilines is 2. The number of hydrogen-bond donors (Lipinski definition) is 2. The predicted molar refractivity (Wildman–Crippen MR) is 152 cm³/mol. The van der Waals surface area contributed by atoms with Gasteiger partial charge in [0.25, 0.3) is 0 Å². The van der Waals surface area contributed by atoms with Gasteiger partial charge in [-0.2, -0.15) is 0 Å². The van der Waals surface area contributed by atoms with E-state index in [9.17, 15) is 9.59 Å². The number of rotatable bonds is 6. The lowest BCUT2D eigenvalue weighted by molar-refractivity contribution is 0.00706. The molecule has 1 atom stereocenters. The zero-order chi connectivity index (χ0) is 27.6. The van der Waals surface area contributed by atoms with Crippen LogP contribution in [-0.4, -0.2) is 29.8 Å². The maximum atomic E-state index is 13.2. The molecule has 0 saturated carbocycles. The first kappa shape index (κ1) is 26.6. The van der Waals surface area contributed by atoms with E-state index >= 15 is 0 Å². The molecule has 0 aliphatic carbocycles. The van der Waals surface area contributed by atoms with Crippen molar-refractivity contribution < 1.29 is 13.9 Å². The molecule has 4 rings (SSSR count). The van der Waals surface area contributed by atoms with Crippen LogP contribution in [0.25, 0.3) is 22.4 Å². The Balaban J connectivity index is 1.79. The van der Waals surface area contributed by atoms with Crippen LogP contribution >= 0.6 is 0 Å². The van der Waals surface area contributed by atoms with Gasteiger partial charge in [-0.3, -0.25) is 9.79 Å². The smallest absolute Gasteiger partial charge is 0.340 e. The molecule has 0 spiro atoms. The average Bonchev–Trinajstić information content (AvgIpc) is 2.84. The first-order valence-corrected chi connectivity index (χ1v) is 12.3. The number of aliphatic imine (C=N–C) groups is 1. The summed E-state index contributed by atoms with van der Waals surface area (Å²) in [6.45, 7) is 9.36. The lowest BCUT2D eigenvalue weighted by atomic mass is 10.0. The van der Waals surface area contributed by atoms with Crippen LogP contribution in [0.4, 0.5) is 11.4 Å². The summed E-state index contributed by atoms with van der Waals surface area (Å²) in [5.41, 5.74) is 9.79. The van der Waals surface area contributed by atoms with Crippen molar-refractivity contribution in [1.29, 1.82) is 0 Å². The number of esters is 1. The van der Waals surface area contributed by atoms with Crippen molar-refractivity contribution in [1.82, 2.24) is 4.98 Å². The van der Waals surface area contributed by atoms with Gasteiger partial charge in [-0.1, -0.05) is 18.2 Å². The maximum absolute atomic E-state index is 13.2. The monoisotopic (exact) mass is 512 g/mol. The SMILES string of the molecule is CN=Cc1nc(-c2cc(=O)c3cc(C)cc(C(C)Nc4ccccc4C(=O)OC(C)(C)C)c3o2)ccc1N. The number of pyridine rings is 1. The van der Waals surface area contributed by atoms with Gasteiger partial charge >= 0.3 is 5.97 Å². The Kier molecular flexibility index (Phi) is 7.35. The predicted octanol–water partition coefficient (Wildman–Crippen LogP) is 5.92. The Hall–Kier alpha value is -4.46. The fourth-order valence-corrected chi connectivity index (χ4v) is 4.16. The number of fused-ring (bicyclic) bond motifs is 1. The zero-order valence-corrected chi connectivity index (χ0v) is 22.5. The Morgan fingerprint density at radius 2 is 1.89 bits per heavy atom. The lowest BCUT2D eigenvalue weighted by Crippen LogP contribution is -2.24. The summed E-state index contributed by atoms with van der Waals surface area (Å²) >= 11 is 0. The Bertz CT molecular complexity index is 1600. The molecule has 0 amide bonds. The fourth-order valence-electron chi connectivity index (χ4n) is 4.16. The molecule has 38 heavy (non-hydrogen) atoms. The van der Waals surface area contributed by atoms with Crippen LogP contribution in [0.1, 0.15) is 60.9 Å². The molecule has 0 aliphatic heterocycles. The maximum Gasteiger partial charge on any atom is 0.340 e. The third-order valence-electron chi connectivity index (χ3n) is 5.85. The van der Waals surface area contributed by atoms with E-state index < -0.39 is 11.6 Å². The van der Waals surface area contributed by atoms with Crippen molar-refractivity contribution in [3.63, 3.8) is 0 Å². The van der Waals surface area contributed by atoms with E-state index in [4.69, 9.17) is 14.9 Å². The van der Waals surface area contributed by atoms with E-state index in [1.807, 2.05) is 52.8 Å². The zero-order valence-electron chi connectivity index (χ0n) is 22.5. The second kappa shape index (κ2) is 10.5. The number of aryl methyl sites for hydroxylation is 1. The van der Waals surface area contributed by atoms with Gasteiger partial charge in [0, 0.05) is 30.6 Å². The van der Waals surface area contributed by atoms with E-state index in [0.717, 1.165) is 11.1 Å². The molecule has 8 nitrogen and oxygen atoms in total. The van der Waals surface area contributed by atoms with Crippen molar-refractivity contribution >= 4 is 34.5 Å². The van der Waals surface area contributed by atoms with Gasteiger partial charge in [0.05, 0.1) is 22.7 Å². The summed E-state index contributed by atoms with van der Waals surface area (Å²) < 4.78 is 11.9. The number of para-hydroxylation sites is 1. The number of nitrogens with one attached hydrogen (secondary N) is 1. The highest BCUT2D eigenvalue weighted by Gasteiger charge is 2.22. The number of aromatic nitrogens is 1. The van der Waals surface area contributed by atoms with Crippen molar-refractivity contribution in [2.24, 2.45) is 4.99 Å². The van der Waals surface area contributed by atoms with E-state index in [1.54, 1.807) is 43.6 Å². The second-order valence-corrected chi connectivity index (χ2v) is 10.2. The minimum Gasteiger partial charge on any atom is -0.456 e. The Morgan fingerprint density at radius 1 is 1.16 bits per heavy atom. The molecule has 2 aromatic carbocycles. The van der Waals surface area contributed by atoms with Crippen LogP contribution in [0.3, 0.4) is 0 Å². The number of ether oxygens (including phenoxy) is 1. The van der Waals surface area contributed by atoms with Crippen molar-refractivity contribution in [2.45, 2.75) is 46.3 Å². The summed E-state index contributed by atoms with van der Waals surface area (Å²) in [4.78, 5) is 34.6. The number of carbonyl (C=O) groups excluding carboxylic acids is 1. The molecule has 0 bridgehead atoms. The first-order chi connectivity index (χ1) is 18.0. The third-order valence-corrected chi connectivity index (χ3v) is 5.85. The molecule has 2 aromatic heterocycles. The summed E-state index contributed by atoms with van der Waals surface area (Å²) in [5, 5.41) is 3.87. The van der Waals surface area contributed by atoms with Crippen molar-refractivity contribution in [3.05, 3.63) is 87.2 Å². The molecule has 196 valence electrons. The molecule has 1 unspecified atom stereocenters. The molecular weight excluding hydrogens is 480 g/mol. The normalized spacial score (nSPS) is 12.6. The van der Waals surface area contributed by atoms with Crippen LogP contribution in [-0.2, 0) is 4.74 Å². The highest BCUT2D eigenvalue weighted by atomic mass is 16.6. The van der Waals surface area contributed by atoms with Crippen LogP contribution in [0.2, 0.25) is 0 Å². The molecule has 8 heteroatoms. The van der Waals surface area contributed by atoms with E-state index in [2.05, 4.69) is 15.3 Å². The van der Waals surface area contributed by atoms with Gasteiger partial charge in [-0.05, 0) is 70.5 Å². The van der Waals surface area contributed by atoms with Gasteiger partial charge in [-0.25, -0.2) is 9.78 Å². The van der Waals surface area contributed by atoms with Gasteiger partial charge in [0.1, 0.15) is 22.6 Å². The summed E-state index contributed by atoms with van der Waals surface area (Å²) in [6, 6.07) is 15.5. The number of benzene rings is 2. The lowest BCUT2D eigenvalue weighted by Gasteiger charge is -2.22. The van der Waals surface area contributed by atoms with Crippen LogP contribution in [0.5, 0.6) is 0 Å². The van der Waals surface area contributed by atoms with Crippen LogP contribution in [0, 0.1) is 6.92 Å². The summed E-state index contributed by atoms with van der Waals surface area (Å²) in [5.74, 6) is -0.101. The summed E-state index contributed by atoms with van der Waals surface area (Å²) in [6.07, 6.45) is 1.56. The number of hydrogen-bond acceptors (Lipinski definition) is 8. The number of carbonyl (C=O) groups is 1. The first-order valence-electron chi connectivity index (χ1n) is 12.3. The van der Waals surface area contributed by atoms with E-state index in [-0.39, 0.29) is 11.5 Å². The minimum absolute atomic E-state index is 0.183. The molecular formula is C30H32N4O4. The average molecular weight is 513 g/mol. The third kappa shape index (κ3) is 5.75. The molecule has 0 saturated heterocycles. The highest BCUT2D eigenvalue weighted by molar-refractivity contribution is 5.96. The minimum atomic E-state index is -0.624. The second-order valence-electron chi connectivity index (χ2n) is 10.2. The molecule has 0 aliphatic rings. The van der Waals surface area contributed by atoms with Gasteiger partial charge in [-0.15, -0.1) is 0 Å². The quantitative estimate of drug-likeness (QED) is 0.243. The highest BCUT2D eigenvalue weighted by Crippen LogP contribution is 2.31. The van der Waals surface area contributed by atoms with Gasteiger partial charge in [0.15, 0.2) is 11.2 Å². The van der Waals surface area contributed by atoms with Gasteiger partial charge < -0.3 is 20.2 Å². The van der Waals surface area contributed by atoms with Gasteiger partial charge in [0.2, 0.25) is 0 Å². The molecule has 0 fully saturated rings. The number of nitrogens with two attached hydrogens (primary N) is 1. The Morgan fingerprint density at radius 3 is 2.61 bits per heavy atom. The van der Waals surface area contributed by atoms with Crippen molar-refractivity contribution in [3.8, 4) is 11.5 Å². The van der Waals surface area contributed by atoms with E-state index in [1.165, 1.54) is 6.07 Å². The van der Waals surface area contributed by atoms with Crippen LogP contribution in [0.15, 0.2) is 68.8 Å². The van der Waals surface area contributed by atoms with E-state index in [0.29, 0.717) is 45.1 Å². The fraction of sp³-hybridized carbons (Fsp3) is 0.267. The molecule has 3 N–H and O–H groups in total. The largest absolute Gasteiger partial charge is 0.456 e. The molecule has 2 heterocycles. The van der Waals surface area contributed by atoms with Crippen LogP contribution < -0.4 is 16.5 Å². The standard InChI is InChI=1S/C30H32N4O4/c1-17-13-20(18(2)33-23-10-8-7-9-19(23)29(36)38-30(3,4)5)28-21(14-17)26(35)15-27(37-28)24-12-11-22(31)25(34-24)16-32-6/h7-16,18,33H,31H2,1-6H3. The Labute approximate surface area is 221 Å².